The molecule has 3 N–H and O–H groups in total. The molecule has 0 aliphatic rings. The fourth-order valence-corrected chi connectivity index (χ4v) is 3.62. The Kier molecular flexibility index (Phi) is 7.09. The molecule has 0 saturated carbocycles. The van der Waals surface area contributed by atoms with E-state index in [0.717, 1.165) is 5.06 Å². The Hall–Kier alpha value is -2.75. The first-order chi connectivity index (χ1) is 14.6. The normalized spacial score (nSPS) is 11.0. The van der Waals surface area contributed by atoms with Gasteiger partial charge in [0.2, 0.25) is 10.0 Å². The Morgan fingerprint density at radius 2 is 1.84 bits per heavy atom. The van der Waals surface area contributed by atoms with E-state index in [1.54, 1.807) is 12.1 Å². The van der Waals surface area contributed by atoms with Crippen LogP contribution in [-0.4, -0.2) is 40.8 Å². The van der Waals surface area contributed by atoms with Crippen molar-refractivity contribution in [3.63, 3.8) is 0 Å². The van der Waals surface area contributed by atoms with Crippen molar-refractivity contribution in [2.24, 2.45) is 5.14 Å². The maximum Gasteiger partial charge on any atom is 0.274 e. The fourth-order valence-electron chi connectivity index (χ4n) is 2.47. The Morgan fingerprint density at radius 1 is 1.23 bits per heavy atom. The van der Waals surface area contributed by atoms with E-state index in [1.165, 1.54) is 55.2 Å². The second-order valence-corrected chi connectivity index (χ2v) is 9.32. The molecule has 0 amide bonds. The standard InChI is InChI=1S/C20H16FN3O4S3/c1-24(25)20(29)30-12-2-3-17-23-18(13-4-8-15(21)9-5-13)19(28-17)14-6-10-16(11-7-14)31(22,26)27/h4-11,25H,12H2,1H3,(H2,22,26,27). The van der Waals surface area contributed by atoms with Crippen LogP contribution in [0.1, 0.15) is 5.89 Å². The van der Waals surface area contributed by atoms with E-state index in [2.05, 4.69) is 16.8 Å². The number of halogens is 1. The van der Waals surface area contributed by atoms with Crippen molar-refractivity contribution in [1.82, 2.24) is 10.0 Å². The molecule has 3 aromatic rings. The summed E-state index contributed by atoms with van der Waals surface area (Å²) in [6.45, 7) is 0. The van der Waals surface area contributed by atoms with Gasteiger partial charge < -0.3 is 4.42 Å². The molecule has 160 valence electrons. The largest absolute Gasteiger partial charge is 0.429 e. The molecule has 2 aromatic carbocycles. The molecule has 0 fully saturated rings. The first kappa shape index (κ1) is 22.9. The van der Waals surface area contributed by atoms with Crippen LogP contribution in [0.2, 0.25) is 0 Å². The summed E-state index contributed by atoms with van der Waals surface area (Å²) in [5.74, 6) is 6.00. The summed E-state index contributed by atoms with van der Waals surface area (Å²) in [7, 11) is -2.42. The summed E-state index contributed by atoms with van der Waals surface area (Å²) in [6.07, 6.45) is 0. The van der Waals surface area contributed by atoms with Gasteiger partial charge in [0.15, 0.2) is 10.1 Å². The average molecular weight is 478 g/mol. The quantitative estimate of drug-likeness (QED) is 0.334. The number of nitrogens with two attached hydrogens (primary N) is 1. The smallest absolute Gasteiger partial charge is 0.274 e. The molecule has 1 aromatic heterocycles. The van der Waals surface area contributed by atoms with E-state index in [1.807, 2.05) is 0 Å². The van der Waals surface area contributed by atoms with Crippen LogP contribution >= 0.6 is 24.0 Å². The summed E-state index contributed by atoms with van der Waals surface area (Å²) in [4.78, 5) is 4.36. The zero-order valence-corrected chi connectivity index (χ0v) is 18.5. The van der Waals surface area contributed by atoms with E-state index in [-0.39, 0.29) is 15.1 Å². The van der Waals surface area contributed by atoms with Crippen LogP contribution in [0.3, 0.4) is 0 Å². The molecule has 0 aliphatic heterocycles. The Labute approximate surface area is 188 Å². The van der Waals surface area contributed by atoms with Gasteiger partial charge in [-0.1, -0.05) is 29.9 Å². The van der Waals surface area contributed by atoms with Gasteiger partial charge in [-0.2, -0.15) is 0 Å². The second-order valence-electron chi connectivity index (χ2n) is 6.15. The average Bonchev–Trinajstić information content (AvgIpc) is 3.15. The van der Waals surface area contributed by atoms with E-state index in [0.29, 0.717) is 28.3 Å². The third-order valence-electron chi connectivity index (χ3n) is 3.92. The van der Waals surface area contributed by atoms with Gasteiger partial charge in [0.05, 0.1) is 10.6 Å². The van der Waals surface area contributed by atoms with E-state index >= 15 is 0 Å². The molecule has 7 nitrogen and oxygen atoms in total. The first-order valence-electron chi connectivity index (χ1n) is 8.63. The van der Waals surface area contributed by atoms with Crippen molar-refractivity contribution in [3.05, 3.63) is 60.2 Å². The maximum absolute atomic E-state index is 13.3. The molecular formula is C20H16FN3O4S3. The van der Waals surface area contributed by atoms with Gasteiger partial charge in [0.1, 0.15) is 11.5 Å². The third-order valence-corrected chi connectivity index (χ3v) is 6.26. The van der Waals surface area contributed by atoms with Gasteiger partial charge >= 0.3 is 0 Å². The second kappa shape index (κ2) is 9.59. The van der Waals surface area contributed by atoms with Gasteiger partial charge in [0, 0.05) is 18.2 Å². The molecule has 0 saturated heterocycles. The van der Waals surface area contributed by atoms with Crippen molar-refractivity contribution < 1.29 is 22.4 Å². The minimum atomic E-state index is -3.84. The Balaban J connectivity index is 1.97. The molecular weight excluding hydrogens is 461 g/mol. The predicted octanol–water partition coefficient (Wildman–Crippen LogP) is 3.49. The van der Waals surface area contributed by atoms with E-state index in [9.17, 15) is 18.0 Å². The highest BCUT2D eigenvalue weighted by Gasteiger charge is 2.17. The lowest BCUT2D eigenvalue weighted by Crippen LogP contribution is -2.17. The van der Waals surface area contributed by atoms with Crippen LogP contribution in [0.5, 0.6) is 0 Å². The van der Waals surface area contributed by atoms with E-state index < -0.39 is 15.8 Å². The highest BCUT2D eigenvalue weighted by molar-refractivity contribution is 8.23. The third kappa shape index (κ3) is 5.90. The molecule has 11 heteroatoms. The van der Waals surface area contributed by atoms with Crippen LogP contribution in [-0.2, 0) is 10.0 Å². The van der Waals surface area contributed by atoms with Gasteiger partial charge in [-0.3, -0.25) is 5.21 Å². The minimum absolute atomic E-state index is 0.0408. The minimum Gasteiger partial charge on any atom is -0.429 e. The van der Waals surface area contributed by atoms with Crippen molar-refractivity contribution in [2.75, 3.05) is 12.8 Å². The lowest BCUT2D eigenvalue weighted by atomic mass is 10.1. The van der Waals surface area contributed by atoms with E-state index in [4.69, 9.17) is 21.8 Å². The molecule has 31 heavy (non-hydrogen) atoms. The first-order valence-corrected chi connectivity index (χ1v) is 11.6. The molecule has 3 rings (SSSR count). The number of thiocarbonyl (C=S) groups is 1. The zero-order chi connectivity index (χ0) is 22.6. The van der Waals surface area contributed by atoms with Crippen molar-refractivity contribution in [2.45, 2.75) is 4.90 Å². The Morgan fingerprint density at radius 3 is 2.42 bits per heavy atom. The van der Waals surface area contributed by atoms with Gasteiger partial charge in [0.25, 0.3) is 5.89 Å². The highest BCUT2D eigenvalue weighted by Crippen LogP contribution is 2.33. The predicted molar refractivity (Wildman–Crippen MR) is 120 cm³/mol. The molecule has 0 atom stereocenters. The monoisotopic (exact) mass is 477 g/mol. The number of oxazole rings is 1. The van der Waals surface area contributed by atoms with Crippen LogP contribution in [0, 0.1) is 17.7 Å². The summed E-state index contributed by atoms with van der Waals surface area (Å²) in [5.41, 5.74) is 1.57. The van der Waals surface area contributed by atoms with Crippen molar-refractivity contribution in [1.29, 1.82) is 0 Å². The summed E-state index contributed by atoms with van der Waals surface area (Å²) in [6, 6.07) is 11.5. The van der Waals surface area contributed by atoms with Crippen molar-refractivity contribution in [3.8, 4) is 34.4 Å². The molecule has 0 radical (unpaired) electrons. The van der Waals surface area contributed by atoms with Crippen LogP contribution < -0.4 is 5.14 Å². The number of rotatable bonds is 4. The van der Waals surface area contributed by atoms with Crippen molar-refractivity contribution >= 4 is 38.3 Å². The van der Waals surface area contributed by atoms with Crippen LogP contribution in [0.25, 0.3) is 22.6 Å². The summed E-state index contributed by atoms with van der Waals surface area (Å²) >= 11 is 6.12. The lowest BCUT2D eigenvalue weighted by molar-refractivity contribution is 0.0205. The number of hydroxylamine groups is 2. The molecule has 0 unspecified atom stereocenters. The number of aromatic nitrogens is 1. The maximum atomic E-state index is 13.3. The molecule has 0 spiro atoms. The highest BCUT2D eigenvalue weighted by atomic mass is 32.2. The number of hydrogen-bond acceptors (Lipinski definition) is 7. The number of hydrogen-bond donors (Lipinski definition) is 2. The lowest BCUT2D eigenvalue weighted by Gasteiger charge is -2.07. The SMILES string of the molecule is CN(O)C(=S)SCC#Cc1nc(-c2ccc(F)cc2)c(-c2ccc(S(N)(=O)=O)cc2)o1. The molecule has 0 aliphatic carbocycles. The molecule has 1 heterocycles. The van der Waals surface area contributed by atoms with Crippen LogP contribution in [0.4, 0.5) is 4.39 Å². The Bertz CT molecular complexity index is 1260. The summed E-state index contributed by atoms with van der Waals surface area (Å²) < 4.78 is 42.4. The fraction of sp³-hybridized carbons (Fsp3) is 0.100. The number of sulfonamides is 1. The molecule has 0 bridgehead atoms. The number of thioether (sulfide) groups is 1. The number of primary sulfonamides is 1. The van der Waals surface area contributed by atoms with Gasteiger partial charge in [-0.05, 0) is 54.5 Å². The van der Waals surface area contributed by atoms with Gasteiger partial charge in [-0.25, -0.2) is 28.0 Å². The van der Waals surface area contributed by atoms with Gasteiger partial charge in [-0.15, -0.1) is 0 Å². The summed E-state index contributed by atoms with van der Waals surface area (Å²) in [5, 5.41) is 15.2. The number of nitrogens with zero attached hydrogens (tertiary/aromatic N) is 2. The van der Waals surface area contributed by atoms with Crippen LogP contribution in [0.15, 0.2) is 57.8 Å². The zero-order valence-electron chi connectivity index (χ0n) is 16.1. The number of benzene rings is 2. The topological polar surface area (TPSA) is 110 Å².